The van der Waals surface area contributed by atoms with E-state index >= 15 is 0 Å². The van der Waals surface area contributed by atoms with Gasteiger partial charge in [0.05, 0.1) is 27.7 Å². The summed E-state index contributed by atoms with van der Waals surface area (Å²) in [6.45, 7) is 3.70. The van der Waals surface area contributed by atoms with Crippen molar-refractivity contribution < 1.29 is 19.0 Å². The number of nitrogens with one attached hydrogen (secondary N) is 1. The molecule has 1 aliphatic heterocycles. The maximum atomic E-state index is 13.2. The molecule has 1 aromatic carbocycles. The lowest BCUT2D eigenvalue weighted by molar-refractivity contribution is 0.0947. The second kappa shape index (κ2) is 11.8. The molecule has 0 saturated heterocycles. The van der Waals surface area contributed by atoms with Crippen molar-refractivity contribution in [1.29, 1.82) is 0 Å². The van der Waals surface area contributed by atoms with Gasteiger partial charge < -0.3 is 28.7 Å². The Kier molecular flexibility index (Phi) is 8.27. The molecule has 192 valence electrons. The molecule has 0 fully saturated rings. The zero-order chi connectivity index (χ0) is 25.5. The van der Waals surface area contributed by atoms with E-state index in [1.54, 1.807) is 31.3 Å². The fourth-order valence-electron chi connectivity index (χ4n) is 4.57. The number of rotatable bonds is 10. The first-order valence-electron chi connectivity index (χ1n) is 12.0. The van der Waals surface area contributed by atoms with Gasteiger partial charge in [-0.1, -0.05) is 0 Å². The summed E-state index contributed by atoms with van der Waals surface area (Å²) in [5.74, 6) is 1.62. The van der Waals surface area contributed by atoms with Crippen LogP contribution in [0.4, 0.5) is 0 Å². The number of methoxy groups -OCH3 is 3. The van der Waals surface area contributed by atoms with Gasteiger partial charge in [-0.05, 0) is 24.6 Å². The Balaban J connectivity index is 1.50. The number of fused-ring (bicyclic) bond motifs is 1. The SMILES string of the molecule is COc1ccc(OC)c(CN2CCc3c(C(=O)NCCCn4ccnc4)c(OC)cc(=O)n3CC2)c1. The maximum Gasteiger partial charge on any atom is 0.256 e. The molecular weight excluding hydrogens is 462 g/mol. The van der Waals surface area contributed by atoms with Crippen LogP contribution in [0.25, 0.3) is 0 Å². The monoisotopic (exact) mass is 495 g/mol. The molecule has 0 spiro atoms. The molecule has 1 N–H and O–H groups in total. The molecule has 3 heterocycles. The van der Waals surface area contributed by atoms with Crippen molar-refractivity contribution in [3.8, 4) is 17.2 Å². The summed E-state index contributed by atoms with van der Waals surface area (Å²) in [5.41, 5.74) is 1.97. The van der Waals surface area contributed by atoms with E-state index in [1.807, 2.05) is 29.0 Å². The van der Waals surface area contributed by atoms with Crippen LogP contribution in [0.15, 0.2) is 47.8 Å². The fraction of sp³-hybridized carbons (Fsp3) is 0.423. The number of hydrogen-bond acceptors (Lipinski definition) is 7. The third-order valence-corrected chi connectivity index (χ3v) is 6.45. The van der Waals surface area contributed by atoms with Gasteiger partial charge in [-0.3, -0.25) is 14.5 Å². The summed E-state index contributed by atoms with van der Waals surface area (Å²) in [4.78, 5) is 32.4. The van der Waals surface area contributed by atoms with E-state index in [1.165, 1.54) is 13.2 Å². The third-order valence-electron chi connectivity index (χ3n) is 6.45. The van der Waals surface area contributed by atoms with Crippen LogP contribution in [-0.4, -0.2) is 65.9 Å². The highest BCUT2D eigenvalue weighted by Gasteiger charge is 2.25. The molecule has 0 aliphatic carbocycles. The summed E-state index contributed by atoms with van der Waals surface area (Å²) in [5, 5.41) is 2.99. The standard InChI is InChI=1S/C26H33N5O5/c1-34-20-5-6-22(35-2)19(15-20)17-29-11-7-21-25(23(36-3)16-24(32)31(21)14-13-29)26(33)28-8-4-10-30-12-9-27-18-30/h5-6,9,12,15-16,18H,4,7-8,10-11,13-14,17H2,1-3H3,(H,28,33). The molecular formula is C26H33N5O5. The minimum atomic E-state index is -0.232. The van der Waals surface area contributed by atoms with Crippen molar-refractivity contribution in [2.75, 3.05) is 41.0 Å². The number of carbonyl (C=O) groups is 1. The molecule has 0 unspecified atom stereocenters. The fourth-order valence-corrected chi connectivity index (χ4v) is 4.57. The van der Waals surface area contributed by atoms with Gasteiger partial charge in [-0.25, -0.2) is 4.98 Å². The molecule has 4 rings (SSSR count). The molecule has 1 aliphatic rings. The second-order valence-electron chi connectivity index (χ2n) is 8.64. The lowest BCUT2D eigenvalue weighted by Gasteiger charge is -2.21. The normalized spacial score (nSPS) is 13.5. The van der Waals surface area contributed by atoms with Gasteiger partial charge >= 0.3 is 0 Å². The molecule has 0 saturated carbocycles. The van der Waals surface area contributed by atoms with Crippen LogP contribution >= 0.6 is 0 Å². The van der Waals surface area contributed by atoms with Gasteiger partial charge in [-0.2, -0.15) is 0 Å². The maximum absolute atomic E-state index is 13.2. The van der Waals surface area contributed by atoms with E-state index in [0.717, 1.165) is 30.0 Å². The van der Waals surface area contributed by atoms with Crippen molar-refractivity contribution in [3.63, 3.8) is 0 Å². The molecule has 0 atom stereocenters. The van der Waals surface area contributed by atoms with E-state index in [0.29, 0.717) is 56.2 Å². The Morgan fingerprint density at radius 2 is 1.89 bits per heavy atom. The molecule has 10 nitrogen and oxygen atoms in total. The number of amides is 1. The molecule has 3 aromatic rings. The van der Waals surface area contributed by atoms with Crippen LogP contribution in [0.5, 0.6) is 17.2 Å². The largest absolute Gasteiger partial charge is 0.497 e. The number of benzene rings is 1. The summed E-state index contributed by atoms with van der Waals surface area (Å²) >= 11 is 0. The van der Waals surface area contributed by atoms with Crippen LogP contribution in [0.1, 0.15) is 28.0 Å². The zero-order valence-corrected chi connectivity index (χ0v) is 21.0. The quantitative estimate of drug-likeness (QED) is 0.429. The lowest BCUT2D eigenvalue weighted by atomic mass is 10.1. The molecule has 36 heavy (non-hydrogen) atoms. The van der Waals surface area contributed by atoms with Crippen LogP contribution in [0.2, 0.25) is 0 Å². The lowest BCUT2D eigenvalue weighted by Crippen LogP contribution is -2.32. The Hall–Kier alpha value is -3.79. The van der Waals surface area contributed by atoms with E-state index in [-0.39, 0.29) is 11.5 Å². The third kappa shape index (κ3) is 5.71. The molecule has 1 amide bonds. The highest BCUT2D eigenvalue weighted by Crippen LogP contribution is 2.27. The Morgan fingerprint density at radius 3 is 2.61 bits per heavy atom. The number of nitrogens with zero attached hydrogens (tertiary/aromatic N) is 4. The Labute approximate surface area is 210 Å². The van der Waals surface area contributed by atoms with Gasteiger partial charge in [0, 0.05) is 75.4 Å². The average Bonchev–Trinajstić information content (AvgIpc) is 3.33. The van der Waals surface area contributed by atoms with Crippen molar-refractivity contribution in [1.82, 2.24) is 24.3 Å². The number of imidazole rings is 1. The summed E-state index contributed by atoms with van der Waals surface area (Å²) in [6, 6.07) is 7.14. The van der Waals surface area contributed by atoms with E-state index in [9.17, 15) is 9.59 Å². The Bertz CT molecular complexity index is 1240. The van der Waals surface area contributed by atoms with E-state index in [4.69, 9.17) is 14.2 Å². The number of pyridine rings is 1. The predicted molar refractivity (Wildman–Crippen MR) is 135 cm³/mol. The predicted octanol–water partition coefficient (Wildman–Crippen LogP) is 1.95. The molecule has 10 heteroatoms. The van der Waals surface area contributed by atoms with Crippen molar-refractivity contribution in [2.24, 2.45) is 0 Å². The van der Waals surface area contributed by atoms with Gasteiger partial charge in [0.2, 0.25) is 0 Å². The first-order chi connectivity index (χ1) is 17.5. The van der Waals surface area contributed by atoms with Gasteiger partial charge in [-0.15, -0.1) is 0 Å². The van der Waals surface area contributed by atoms with Crippen molar-refractivity contribution in [2.45, 2.75) is 32.5 Å². The molecule has 2 aromatic heterocycles. The average molecular weight is 496 g/mol. The highest BCUT2D eigenvalue weighted by molar-refractivity contribution is 5.98. The van der Waals surface area contributed by atoms with Gasteiger partial charge in [0.25, 0.3) is 11.5 Å². The van der Waals surface area contributed by atoms with Crippen LogP contribution in [-0.2, 0) is 26.1 Å². The van der Waals surface area contributed by atoms with Crippen molar-refractivity contribution in [3.05, 3.63) is 70.2 Å². The second-order valence-corrected chi connectivity index (χ2v) is 8.64. The summed E-state index contributed by atoms with van der Waals surface area (Å²) in [7, 11) is 4.77. The number of aromatic nitrogens is 3. The first-order valence-corrected chi connectivity index (χ1v) is 12.0. The molecule has 0 radical (unpaired) electrons. The number of carbonyl (C=O) groups excluding carboxylic acids is 1. The Morgan fingerprint density at radius 1 is 1.06 bits per heavy atom. The summed E-state index contributed by atoms with van der Waals surface area (Å²) in [6.07, 6.45) is 6.67. The van der Waals surface area contributed by atoms with E-state index in [2.05, 4.69) is 15.2 Å². The van der Waals surface area contributed by atoms with Crippen LogP contribution in [0, 0.1) is 0 Å². The smallest absolute Gasteiger partial charge is 0.256 e. The van der Waals surface area contributed by atoms with Gasteiger partial charge in [0.15, 0.2) is 0 Å². The van der Waals surface area contributed by atoms with E-state index < -0.39 is 0 Å². The highest BCUT2D eigenvalue weighted by atomic mass is 16.5. The van der Waals surface area contributed by atoms with Crippen LogP contribution in [0.3, 0.4) is 0 Å². The van der Waals surface area contributed by atoms with Crippen molar-refractivity contribution >= 4 is 5.91 Å². The first kappa shape index (κ1) is 25.3. The number of hydrogen-bond donors (Lipinski definition) is 1. The van der Waals surface area contributed by atoms with Gasteiger partial charge in [0.1, 0.15) is 22.8 Å². The zero-order valence-electron chi connectivity index (χ0n) is 21.0. The summed E-state index contributed by atoms with van der Waals surface area (Å²) < 4.78 is 20.1. The number of aryl methyl sites for hydroxylation is 1. The minimum absolute atomic E-state index is 0.167. The minimum Gasteiger partial charge on any atom is -0.497 e. The van der Waals surface area contributed by atoms with Crippen LogP contribution < -0.4 is 25.1 Å². The number of ether oxygens (including phenoxy) is 3. The topological polar surface area (TPSA) is 99.9 Å². The molecule has 0 bridgehead atoms.